The van der Waals surface area contributed by atoms with Crippen molar-refractivity contribution < 1.29 is 93.0 Å². The van der Waals surface area contributed by atoms with Crippen molar-refractivity contribution in [2.75, 3.05) is 34.5 Å². The third kappa shape index (κ3) is 20.7. The van der Waals surface area contributed by atoms with Crippen LogP contribution in [0.1, 0.15) is 132 Å². The summed E-state index contributed by atoms with van der Waals surface area (Å²) in [5.74, 6) is -10.3. The minimum Gasteiger partial charge on any atom is -0.480 e. The van der Waals surface area contributed by atoms with Gasteiger partial charge in [-0.05, 0) is 114 Å². The highest BCUT2D eigenvalue weighted by Crippen LogP contribution is 2.38. The van der Waals surface area contributed by atoms with Crippen molar-refractivity contribution in [2.24, 2.45) is 35.5 Å². The van der Waals surface area contributed by atoms with Gasteiger partial charge in [-0.15, -0.1) is 0 Å². The van der Waals surface area contributed by atoms with Gasteiger partial charge >= 0.3 is 17.9 Å². The van der Waals surface area contributed by atoms with Crippen molar-refractivity contribution in [3.63, 3.8) is 0 Å². The maximum Gasteiger partial charge on any atom is 0.332 e. The summed E-state index contributed by atoms with van der Waals surface area (Å²) >= 11 is 0. The average molecular weight is 1080 g/mol. The van der Waals surface area contributed by atoms with Gasteiger partial charge in [0.05, 0.1) is 24.4 Å². The largest absolute Gasteiger partial charge is 0.480 e. The number of hydrogen-bond donors (Lipinski definition) is 7. The molecule has 2 bridgehead atoms. The zero-order valence-electron chi connectivity index (χ0n) is 46.5. The molecule has 3 fully saturated rings. The number of nitrogens with zero attached hydrogens (tertiary/aromatic N) is 1. The standard InChI is InChI=1S/C51H79NO13.C3H6O3.C2H4O3/c1-30-16-12-11-13-17-31(2)42(61-8)28-38-21-19-36(7)51(60,65-38)48(57)49(58)52-23-15-14-18-39(52)50(59)64-43(33(4)26-37-20-22-40(53)44(27-37)62-9)29-41(54)32(3)25-35(6)46(56)47(63-10)45(55)34(5)24-30;1-2(4)3(5)6;3-1-2(4)5/h11-13,16-17,25,30,32-34,36-40,42-44,46-47,53,56,60H,14-15,18-24,26-29H2,1-10H3;2,4H,1H3,(H,5,6);3H,1H2,(H,4,5)/b13-11+,16-12+,31-17+,35-25+;;/t30-,32-,33-,34-,36-,37+,38+,39+,40-,42+,43+,44-,46-,47+,51-;;/m1../s1. The number of carbonyl (C=O) groups excluding carboxylic acids is 5. The molecule has 7 N–H and O–H groups in total. The Hall–Kier alpha value is -4.51. The summed E-state index contributed by atoms with van der Waals surface area (Å²) in [6.45, 7) is 13.2. The number of fused-ring (bicyclic) bond motifs is 3. The highest BCUT2D eigenvalue weighted by Gasteiger charge is 2.53. The van der Waals surface area contributed by atoms with Crippen LogP contribution in [0.3, 0.4) is 0 Å². The smallest absolute Gasteiger partial charge is 0.332 e. The van der Waals surface area contributed by atoms with Crippen LogP contribution in [0.4, 0.5) is 0 Å². The lowest BCUT2D eigenvalue weighted by Gasteiger charge is -2.42. The first-order valence-electron chi connectivity index (χ1n) is 26.6. The van der Waals surface area contributed by atoms with Gasteiger partial charge < -0.3 is 64.3 Å². The topological polar surface area (TPSA) is 310 Å². The molecule has 4 aliphatic rings. The number of carboxylic acids is 2. The second-order valence-corrected chi connectivity index (χ2v) is 21.2. The normalized spacial score (nSPS) is 36.1. The molecule has 3 aliphatic heterocycles. The first-order chi connectivity index (χ1) is 35.7. The number of Topliss-reactive ketones (excluding diaryl/α,β-unsaturated/α-hetero) is 3. The zero-order chi connectivity index (χ0) is 57.6. The first-order valence-corrected chi connectivity index (χ1v) is 26.6. The van der Waals surface area contributed by atoms with E-state index in [4.69, 9.17) is 48.9 Å². The summed E-state index contributed by atoms with van der Waals surface area (Å²) in [6.07, 6.45) is 9.95. The molecule has 1 aliphatic carbocycles. The summed E-state index contributed by atoms with van der Waals surface area (Å²) in [5, 5.41) is 64.6. The number of allylic oxidation sites excluding steroid dienone is 6. The fourth-order valence-corrected chi connectivity index (χ4v) is 10.1. The molecule has 1 unspecified atom stereocenters. The lowest BCUT2D eigenvalue weighted by Crippen LogP contribution is -2.61. The number of carbonyl (C=O) groups is 7. The molecule has 1 amide bonds. The highest BCUT2D eigenvalue weighted by molar-refractivity contribution is 6.39. The average Bonchev–Trinajstić information content (AvgIpc) is 3.38. The molecule has 432 valence electrons. The van der Waals surface area contributed by atoms with Crippen molar-refractivity contribution in [1.82, 2.24) is 4.90 Å². The lowest BCUT2D eigenvalue weighted by atomic mass is 9.78. The van der Waals surface area contributed by atoms with Gasteiger partial charge in [-0.3, -0.25) is 19.2 Å². The molecule has 0 aromatic rings. The molecule has 3 heterocycles. The predicted octanol–water partition coefficient (Wildman–Crippen LogP) is 4.70. The first kappa shape index (κ1) is 67.6. The Labute approximate surface area is 448 Å². The van der Waals surface area contributed by atoms with Crippen molar-refractivity contribution in [2.45, 2.75) is 193 Å². The summed E-state index contributed by atoms with van der Waals surface area (Å²) < 4.78 is 29.4. The van der Waals surface area contributed by atoms with E-state index in [-0.39, 0.29) is 54.8 Å². The van der Waals surface area contributed by atoms with Gasteiger partial charge in [-0.2, -0.15) is 0 Å². The van der Waals surface area contributed by atoms with Crippen LogP contribution in [0.5, 0.6) is 0 Å². The third-order valence-electron chi connectivity index (χ3n) is 15.0. The van der Waals surface area contributed by atoms with Gasteiger partial charge in [0.25, 0.3) is 11.7 Å². The van der Waals surface area contributed by atoms with Crippen molar-refractivity contribution in [1.29, 1.82) is 0 Å². The Bertz CT molecular complexity index is 2030. The molecule has 16 atom stereocenters. The van der Waals surface area contributed by atoms with Crippen molar-refractivity contribution in [3.05, 3.63) is 47.6 Å². The van der Waals surface area contributed by atoms with Crippen LogP contribution in [0.25, 0.3) is 0 Å². The minimum atomic E-state index is -2.43. The van der Waals surface area contributed by atoms with Crippen LogP contribution >= 0.6 is 0 Å². The Morgan fingerprint density at radius 1 is 0.842 bits per heavy atom. The van der Waals surface area contributed by atoms with Gasteiger partial charge in [0.15, 0.2) is 5.78 Å². The lowest BCUT2D eigenvalue weighted by molar-refractivity contribution is -0.265. The number of ether oxygens (including phenoxy) is 5. The van der Waals surface area contributed by atoms with Crippen LogP contribution in [-0.2, 0) is 57.2 Å². The van der Waals surface area contributed by atoms with Crippen LogP contribution in [-0.4, -0.2) is 177 Å². The van der Waals surface area contributed by atoms with E-state index < -0.39 is 109 Å². The number of aliphatic hydroxyl groups excluding tert-OH is 4. The van der Waals surface area contributed by atoms with Crippen LogP contribution < -0.4 is 0 Å². The molecule has 20 nitrogen and oxygen atoms in total. The van der Waals surface area contributed by atoms with E-state index in [0.29, 0.717) is 63.4 Å². The monoisotopic (exact) mass is 1080 g/mol. The van der Waals surface area contributed by atoms with Crippen LogP contribution in [0.2, 0.25) is 0 Å². The number of cyclic esters (lactones) is 1. The van der Waals surface area contributed by atoms with Crippen molar-refractivity contribution in [3.8, 4) is 0 Å². The van der Waals surface area contributed by atoms with Crippen LogP contribution in [0, 0.1) is 35.5 Å². The van der Waals surface area contributed by atoms with Crippen molar-refractivity contribution >= 4 is 41.2 Å². The maximum atomic E-state index is 14.4. The summed E-state index contributed by atoms with van der Waals surface area (Å²) in [6, 6.07) is -1.14. The second-order valence-electron chi connectivity index (χ2n) is 21.2. The zero-order valence-corrected chi connectivity index (χ0v) is 46.5. The highest BCUT2D eigenvalue weighted by atomic mass is 16.6. The fourth-order valence-electron chi connectivity index (χ4n) is 10.1. The molecule has 1 saturated carbocycles. The molecule has 0 spiro atoms. The number of methoxy groups -OCH3 is 3. The van der Waals surface area contributed by atoms with Crippen LogP contribution in [0.15, 0.2) is 47.6 Å². The molecule has 0 aromatic carbocycles. The SMILES string of the molecule is CC(O)C(=O)O.CO[C@H]1C[C@@H]2CC[C@@H](C)[C@@](O)(O2)C(=O)C(=O)N2CCCC[C@H]2C(=O)O[C@H]([C@H](C)C[C@@H]2CC[C@@H](O)[C@H](OC)C2)CC(=O)[C@H](C)/C=C(\C)[C@@H](O)[C@@H](OC)C(=O)[C@H](C)C[C@H](C)/C=C/C=C/C=C/1C.O=C(O)CO. The van der Waals surface area contributed by atoms with E-state index in [1.165, 1.54) is 18.9 Å². The van der Waals surface area contributed by atoms with Gasteiger partial charge in [-0.25, -0.2) is 14.4 Å². The molecule has 2 saturated heterocycles. The number of amides is 1. The number of aliphatic hydroxyl groups is 5. The number of aliphatic carboxylic acids is 2. The predicted molar refractivity (Wildman–Crippen MR) is 279 cm³/mol. The second kappa shape index (κ2) is 33.0. The Morgan fingerprint density at radius 2 is 1.49 bits per heavy atom. The van der Waals surface area contributed by atoms with E-state index >= 15 is 0 Å². The Balaban J connectivity index is 0.00000162. The number of piperidine rings is 1. The molecule has 4 rings (SSSR count). The number of ketones is 3. The molecular formula is C56H89NO19. The van der Waals surface area contributed by atoms with E-state index in [1.54, 1.807) is 41.1 Å². The van der Waals surface area contributed by atoms with Gasteiger partial charge in [-0.1, -0.05) is 71.1 Å². The molecular weight excluding hydrogens is 991 g/mol. The van der Waals surface area contributed by atoms with E-state index in [2.05, 4.69) is 0 Å². The van der Waals surface area contributed by atoms with Gasteiger partial charge in [0, 0.05) is 58.5 Å². The van der Waals surface area contributed by atoms with Gasteiger partial charge in [0.1, 0.15) is 42.8 Å². The Morgan fingerprint density at radius 3 is 2.07 bits per heavy atom. The number of hydrogen-bond acceptors (Lipinski definition) is 17. The van der Waals surface area contributed by atoms with E-state index in [1.807, 2.05) is 58.1 Å². The quantitative estimate of drug-likeness (QED) is 0.0984. The van der Waals surface area contributed by atoms with E-state index in [0.717, 1.165) is 12.0 Å². The number of rotatable bonds is 8. The maximum absolute atomic E-state index is 14.4. The fraction of sp³-hybridized carbons (Fsp3) is 0.732. The molecule has 0 radical (unpaired) electrons. The molecule has 0 aromatic heterocycles. The summed E-state index contributed by atoms with van der Waals surface area (Å²) in [5.41, 5.74) is 1.27. The number of carboxylic acid groups (broad SMARTS) is 2. The minimum absolute atomic E-state index is 0.0193. The van der Waals surface area contributed by atoms with Gasteiger partial charge in [0.2, 0.25) is 5.79 Å². The van der Waals surface area contributed by atoms with E-state index in [9.17, 15) is 44.1 Å². The summed E-state index contributed by atoms with van der Waals surface area (Å²) in [4.78, 5) is 90.3. The third-order valence-corrected chi connectivity index (χ3v) is 15.0. The summed E-state index contributed by atoms with van der Waals surface area (Å²) in [7, 11) is 4.52. The molecule has 20 heteroatoms. The Kier molecular flexibility index (Phi) is 29.4. The number of esters is 1. The molecule has 76 heavy (non-hydrogen) atoms.